The first kappa shape index (κ1) is 16.1. The molecule has 0 saturated heterocycles. The fourth-order valence-electron chi connectivity index (χ4n) is 2.43. The van der Waals surface area contributed by atoms with E-state index in [0.717, 1.165) is 41.5 Å². The van der Waals surface area contributed by atoms with Crippen molar-refractivity contribution in [3.63, 3.8) is 0 Å². The summed E-state index contributed by atoms with van der Waals surface area (Å²) in [5, 5.41) is 1.07. The van der Waals surface area contributed by atoms with Crippen LogP contribution < -0.4 is 4.74 Å². The van der Waals surface area contributed by atoms with Crippen molar-refractivity contribution in [1.29, 1.82) is 0 Å². The molecular formula is C18H22O4. The minimum absolute atomic E-state index is 0.391. The van der Waals surface area contributed by atoms with Gasteiger partial charge in [-0.2, -0.15) is 0 Å². The number of aryl methyl sites for hydroxylation is 1. The summed E-state index contributed by atoms with van der Waals surface area (Å²) < 4.78 is 15.8. The maximum absolute atomic E-state index is 11.3. The molecule has 2 aromatic rings. The lowest BCUT2D eigenvalue weighted by Gasteiger charge is -2.01. The highest BCUT2D eigenvalue weighted by Crippen LogP contribution is 2.31. The topological polar surface area (TPSA) is 48.7 Å². The predicted octanol–water partition coefficient (Wildman–Crippen LogP) is 4.36. The van der Waals surface area contributed by atoms with Crippen LogP contribution in [0.4, 0.5) is 0 Å². The van der Waals surface area contributed by atoms with E-state index in [2.05, 4.69) is 11.7 Å². The highest BCUT2D eigenvalue weighted by molar-refractivity contribution is 5.90. The second-order valence-corrected chi connectivity index (χ2v) is 5.12. The van der Waals surface area contributed by atoms with Gasteiger partial charge in [-0.05, 0) is 31.1 Å². The largest absolute Gasteiger partial charge is 0.497 e. The number of methoxy groups -OCH3 is 2. The maximum Gasteiger partial charge on any atom is 0.330 e. The van der Waals surface area contributed by atoms with Gasteiger partial charge in [-0.15, -0.1) is 0 Å². The summed E-state index contributed by atoms with van der Waals surface area (Å²) in [6, 6.07) is 5.80. The Morgan fingerprint density at radius 2 is 2.09 bits per heavy atom. The van der Waals surface area contributed by atoms with Gasteiger partial charge in [0.1, 0.15) is 17.1 Å². The minimum Gasteiger partial charge on any atom is -0.497 e. The Labute approximate surface area is 130 Å². The van der Waals surface area contributed by atoms with Crippen LogP contribution in [0.5, 0.6) is 5.75 Å². The van der Waals surface area contributed by atoms with Crippen molar-refractivity contribution < 1.29 is 18.7 Å². The van der Waals surface area contributed by atoms with Gasteiger partial charge in [0.05, 0.1) is 14.2 Å². The van der Waals surface area contributed by atoms with Gasteiger partial charge in [0.2, 0.25) is 0 Å². The zero-order valence-corrected chi connectivity index (χ0v) is 13.3. The lowest BCUT2D eigenvalue weighted by molar-refractivity contribution is -0.134. The molecule has 118 valence electrons. The molecular weight excluding hydrogens is 280 g/mol. The average molecular weight is 302 g/mol. The van der Waals surface area contributed by atoms with E-state index in [0.29, 0.717) is 5.76 Å². The second-order valence-electron chi connectivity index (χ2n) is 5.12. The zero-order chi connectivity index (χ0) is 15.9. The summed E-state index contributed by atoms with van der Waals surface area (Å²) in [6.45, 7) is 2.18. The predicted molar refractivity (Wildman–Crippen MR) is 87.0 cm³/mol. The van der Waals surface area contributed by atoms with E-state index in [-0.39, 0.29) is 0 Å². The summed E-state index contributed by atoms with van der Waals surface area (Å²) in [6.07, 6.45) is 7.42. The first-order chi connectivity index (χ1) is 10.7. The maximum atomic E-state index is 11.3. The third-order valence-corrected chi connectivity index (χ3v) is 3.63. The molecule has 0 fully saturated rings. The fraction of sp³-hybridized carbons (Fsp3) is 0.389. The van der Waals surface area contributed by atoms with Gasteiger partial charge < -0.3 is 13.9 Å². The van der Waals surface area contributed by atoms with Crippen LogP contribution in [0.2, 0.25) is 0 Å². The number of hydrogen-bond acceptors (Lipinski definition) is 4. The normalized spacial score (nSPS) is 11.2. The molecule has 0 spiro atoms. The summed E-state index contributed by atoms with van der Waals surface area (Å²) in [5.41, 5.74) is 1.90. The molecule has 0 atom stereocenters. The highest BCUT2D eigenvalue weighted by atomic mass is 16.5. The van der Waals surface area contributed by atoms with Gasteiger partial charge in [0.15, 0.2) is 0 Å². The van der Waals surface area contributed by atoms with Crippen LogP contribution in [0.3, 0.4) is 0 Å². The molecule has 2 rings (SSSR count). The summed E-state index contributed by atoms with van der Waals surface area (Å²) in [5.74, 6) is 1.08. The van der Waals surface area contributed by atoms with Crippen LogP contribution in [0.1, 0.15) is 37.5 Å². The number of carbonyl (C=O) groups excluding carboxylic acids is 1. The van der Waals surface area contributed by atoms with E-state index in [1.165, 1.54) is 19.6 Å². The monoisotopic (exact) mass is 302 g/mol. The quantitative estimate of drug-likeness (QED) is 0.433. The third kappa shape index (κ3) is 3.70. The Bertz CT molecular complexity index is 667. The van der Waals surface area contributed by atoms with Crippen LogP contribution in [0, 0.1) is 0 Å². The molecule has 22 heavy (non-hydrogen) atoms. The number of rotatable bonds is 7. The third-order valence-electron chi connectivity index (χ3n) is 3.63. The van der Waals surface area contributed by atoms with E-state index in [9.17, 15) is 4.79 Å². The van der Waals surface area contributed by atoms with Gasteiger partial charge in [0, 0.05) is 23.1 Å². The van der Waals surface area contributed by atoms with Crippen LogP contribution in [0.15, 0.2) is 28.7 Å². The van der Waals surface area contributed by atoms with Crippen LogP contribution in [-0.4, -0.2) is 20.2 Å². The van der Waals surface area contributed by atoms with Crippen molar-refractivity contribution in [3.05, 3.63) is 35.6 Å². The van der Waals surface area contributed by atoms with E-state index in [4.69, 9.17) is 9.15 Å². The van der Waals surface area contributed by atoms with Crippen molar-refractivity contribution in [2.24, 2.45) is 0 Å². The highest BCUT2D eigenvalue weighted by Gasteiger charge is 2.13. The van der Waals surface area contributed by atoms with Crippen molar-refractivity contribution in [2.75, 3.05) is 14.2 Å². The summed E-state index contributed by atoms with van der Waals surface area (Å²) in [4.78, 5) is 11.3. The molecule has 0 N–H and O–H groups in total. The lowest BCUT2D eigenvalue weighted by Crippen LogP contribution is -1.93. The molecule has 1 aromatic carbocycles. The van der Waals surface area contributed by atoms with Crippen molar-refractivity contribution >= 4 is 23.0 Å². The van der Waals surface area contributed by atoms with Gasteiger partial charge in [-0.25, -0.2) is 4.79 Å². The summed E-state index contributed by atoms with van der Waals surface area (Å²) in [7, 11) is 2.99. The first-order valence-corrected chi connectivity index (χ1v) is 7.55. The molecule has 1 heterocycles. The smallest absolute Gasteiger partial charge is 0.330 e. The molecule has 0 amide bonds. The summed E-state index contributed by atoms with van der Waals surface area (Å²) >= 11 is 0. The van der Waals surface area contributed by atoms with Crippen molar-refractivity contribution in [1.82, 2.24) is 0 Å². The Kier molecular flexibility index (Phi) is 5.64. The SMILES string of the molecule is CCCCCc1c(C=CC(=O)OC)oc2cc(OC)ccc12. The fourth-order valence-corrected chi connectivity index (χ4v) is 2.43. The average Bonchev–Trinajstić information content (AvgIpc) is 2.89. The van der Waals surface area contributed by atoms with Crippen LogP contribution in [0.25, 0.3) is 17.0 Å². The first-order valence-electron chi connectivity index (χ1n) is 7.55. The van der Waals surface area contributed by atoms with Gasteiger partial charge in [-0.3, -0.25) is 0 Å². The van der Waals surface area contributed by atoms with Crippen molar-refractivity contribution in [3.8, 4) is 5.75 Å². The molecule has 0 aliphatic heterocycles. The van der Waals surface area contributed by atoms with Gasteiger partial charge >= 0.3 is 5.97 Å². The van der Waals surface area contributed by atoms with E-state index in [1.807, 2.05) is 18.2 Å². The number of fused-ring (bicyclic) bond motifs is 1. The molecule has 0 aliphatic rings. The Hall–Kier alpha value is -2.23. The molecule has 1 aromatic heterocycles. The standard InChI is InChI=1S/C18H22O4/c1-4-5-6-7-14-15-9-8-13(20-2)12-17(15)22-16(14)10-11-18(19)21-3/h8-12H,4-7H2,1-3H3. The molecule has 4 nitrogen and oxygen atoms in total. The molecule has 0 saturated carbocycles. The van der Waals surface area contributed by atoms with Crippen molar-refractivity contribution in [2.45, 2.75) is 32.6 Å². The van der Waals surface area contributed by atoms with E-state index < -0.39 is 5.97 Å². The molecule has 0 bridgehead atoms. The lowest BCUT2D eigenvalue weighted by atomic mass is 10.0. The number of ether oxygens (including phenoxy) is 2. The second kappa shape index (κ2) is 7.69. The number of esters is 1. The number of unbranched alkanes of at least 4 members (excludes halogenated alkanes) is 2. The Balaban J connectivity index is 2.40. The number of hydrogen-bond donors (Lipinski definition) is 0. The molecule has 0 radical (unpaired) electrons. The van der Waals surface area contributed by atoms with Gasteiger partial charge in [0.25, 0.3) is 0 Å². The number of benzene rings is 1. The van der Waals surface area contributed by atoms with Gasteiger partial charge in [-0.1, -0.05) is 19.8 Å². The van der Waals surface area contributed by atoms with E-state index in [1.54, 1.807) is 13.2 Å². The zero-order valence-electron chi connectivity index (χ0n) is 13.3. The van der Waals surface area contributed by atoms with E-state index >= 15 is 0 Å². The molecule has 0 aliphatic carbocycles. The minimum atomic E-state index is -0.391. The van der Waals surface area contributed by atoms with Crippen LogP contribution in [-0.2, 0) is 16.0 Å². The Morgan fingerprint density at radius 3 is 2.77 bits per heavy atom. The Morgan fingerprint density at radius 1 is 1.27 bits per heavy atom. The molecule has 0 unspecified atom stereocenters. The molecule has 4 heteroatoms. The number of carbonyl (C=O) groups is 1. The number of furan rings is 1. The van der Waals surface area contributed by atoms with Crippen LogP contribution >= 0.6 is 0 Å².